The number of ether oxygens (including phenoxy) is 1. The number of rotatable bonds is 4. The Morgan fingerprint density at radius 1 is 1.35 bits per heavy atom. The second kappa shape index (κ2) is 7.06. The maximum Gasteiger partial charge on any atom is 0.509 e. The van der Waals surface area contributed by atoms with Crippen molar-refractivity contribution in [1.29, 1.82) is 0 Å². The Bertz CT molecular complexity index is 592. The quantitative estimate of drug-likeness (QED) is 0.629. The van der Waals surface area contributed by atoms with Crippen molar-refractivity contribution in [2.24, 2.45) is 5.92 Å². The second-order valence-corrected chi connectivity index (χ2v) is 5.54. The van der Waals surface area contributed by atoms with Crippen LogP contribution in [-0.4, -0.2) is 43.5 Å². The van der Waals surface area contributed by atoms with Gasteiger partial charge in [-0.05, 0) is 25.8 Å². The predicted molar refractivity (Wildman–Crippen MR) is 80.4 cm³/mol. The molecule has 1 heterocycles. The molecule has 1 aromatic carbocycles. The topological polar surface area (TPSA) is 46.6 Å². The monoisotopic (exact) mass is 328 g/mol. The molecule has 1 aliphatic heterocycles. The summed E-state index contributed by atoms with van der Waals surface area (Å²) in [6, 6.07) is 4.41. The number of halogens is 3. The number of amides is 1. The van der Waals surface area contributed by atoms with Gasteiger partial charge in [-0.1, -0.05) is 18.2 Å². The molecule has 0 radical (unpaired) electrons. The zero-order valence-corrected chi connectivity index (χ0v) is 12.8. The molecular weight excluding hydrogens is 310 g/mol. The molecule has 1 aliphatic rings. The minimum absolute atomic E-state index is 0.00814. The van der Waals surface area contributed by atoms with Crippen molar-refractivity contribution < 1.29 is 27.3 Å². The Hall–Kier alpha value is -1.99. The summed E-state index contributed by atoms with van der Waals surface area (Å²) in [5, 5.41) is 0. The van der Waals surface area contributed by atoms with Gasteiger partial charge in [0.05, 0.1) is 12.5 Å². The van der Waals surface area contributed by atoms with Gasteiger partial charge in [0, 0.05) is 18.7 Å². The molecule has 0 bridgehead atoms. The van der Waals surface area contributed by atoms with E-state index < -0.39 is 24.3 Å². The van der Waals surface area contributed by atoms with Crippen molar-refractivity contribution >= 4 is 24.3 Å². The maximum absolute atomic E-state index is 12.8. The highest BCUT2D eigenvalue weighted by Gasteiger charge is 2.31. The van der Waals surface area contributed by atoms with E-state index in [1.54, 1.807) is 6.92 Å². The van der Waals surface area contributed by atoms with E-state index >= 15 is 0 Å². The molecule has 0 saturated carbocycles. The summed E-state index contributed by atoms with van der Waals surface area (Å²) in [6.45, 7) is -2.58. The number of hydrogen-bond donors (Lipinski definition) is 0. The number of piperidine rings is 1. The van der Waals surface area contributed by atoms with Crippen LogP contribution in [0.15, 0.2) is 24.3 Å². The van der Waals surface area contributed by atoms with E-state index in [-0.39, 0.29) is 24.7 Å². The molecule has 0 aliphatic carbocycles. The Morgan fingerprint density at radius 3 is 2.74 bits per heavy atom. The first-order chi connectivity index (χ1) is 10.8. The summed E-state index contributed by atoms with van der Waals surface area (Å²) in [6.07, 6.45) is 1.24. The average molecular weight is 328 g/mol. The molecule has 0 N–H and O–H groups in total. The van der Waals surface area contributed by atoms with Crippen molar-refractivity contribution in [1.82, 2.24) is 4.90 Å². The Morgan fingerprint density at radius 2 is 2.09 bits per heavy atom. The van der Waals surface area contributed by atoms with Crippen LogP contribution in [0, 0.1) is 5.92 Å². The standard InChI is InChI=1S/C15H18BF3NO3/c1-2-23-15(22)12-6-4-8-20(10-12)14(21)11-5-3-7-13(9-11)16(17,18)19/h3,5,7,9,12H,2,4,6,8,10H2,1H3/q-1. The van der Waals surface area contributed by atoms with Crippen molar-refractivity contribution in [2.45, 2.75) is 19.8 Å². The third-order valence-corrected chi connectivity index (χ3v) is 3.84. The van der Waals surface area contributed by atoms with Gasteiger partial charge in [0.1, 0.15) is 0 Å². The fraction of sp³-hybridized carbons (Fsp3) is 0.467. The van der Waals surface area contributed by atoms with Gasteiger partial charge in [0.15, 0.2) is 0 Å². The predicted octanol–water partition coefficient (Wildman–Crippen LogP) is 2.16. The number of likely N-dealkylation sites (tertiary alicyclic amines) is 1. The van der Waals surface area contributed by atoms with Gasteiger partial charge in [-0.2, -0.15) is 0 Å². The molecule has 1 aromatic rings. The lowest BCUT2D eigenvalue weighted by Gasteiger charge is -2.31. The first-order valence-corrected chi connectivity index (χ1v) is 7.58. The van der Waals surface area contributed by atoms with E-state index in [0.29, 0.717) is 19.4 Å². The number of hydrogen-bond acceptors (Lipinski definition) is 3. The van der Waals surface area contributed by atoms with Crippen molar-refractivity contribution in [3.8, 4) is 0 Å². The smallest absolute Gasteiger partial charge is 0.466 e. The highest BCUT2D eigenvalue weighted by atomic mass is 19.4. The van der Waals surface area contributed by atoms with Gasteiger partial charge in [-0.3, -0.25) is 9.59 Å². The van der Waals surface area contributed by atoms with Crippen LogP contribution in [0.3, 0.4) is 0 Å². The zero-order valence-electron chi connectivity index (χ0n) is 12.8. The molecule has 0 aromatic heterocycles. The van der Waals surface area contributed by atoms with E-state index in [1.807, 2.05) is 0 Å². The van der Waals surface area contributed by atoms with Gasteiger partial charge in [0.2, 0.25) is 0 Å². The van der Waals surface area contributed by atoms with Crippen molar-refractivity contribution in [3.63, 3.8) is 0 Å². The van der Waals surface area contributed by atoms with Gasteiger partial charge in [-0.15, -0.1) is 5.46 Å². The first kappa shape index (κ1) is 17.4. The van der Waals surface area contributed by atoms with E-state index in [9.17, 15) is 22.5 Å². The molecule has 23 heavy (non-hydrogen) atoms. The maximum atomic E-state index is 12.8. The molecule has 2 rings (SSSR count). The molecule has 1 saturated heterocycles. The third kappa shape index (κ3) is 4.27. The van der Waals surface area contributed by atoms with Crippen molar-refractivity contribution in [2.75, 3.05) is 19.7 Å². The van der Waals surface area contributed by atoms with E-state index in [1.165, 1.54) is 17.0 Å². The molecule has 1 amide bonds. The molecule has 4 nitrogen and oxygen atoms in total. The Balaban J connectivity index is 2.12. The molecule has 1 unspecified atom stereocenters. The summed E-state index contributed by atoms with van der Waals surface area (Å²) in [5.41, 5.74) is -0.805. The number of esters is 1. The number of benzene rings is 1. The minimum Gasteiger partial charge on any atom is -0.466 e. The van der Waals surface area contributed by atoms with E-state index in [2.05, 4.69) is 0 Å². The Labute approximate surface area is 132 Å². The normalized spacial score (nSPS) is 18.6. The molecular formula is C15H18BF3NO3-. The minimum atomic E-state index is -5.15. The van der Waals surface area contributed by atoms with Crippen LogP contribution in [0.5, 0.6) is 0 Å². The summed E-state index contributed by atoms with van der Waals surface area (Å²) in [5.74, 6) is -1.26. The summed E-state index contributed by atoms with van der Waals surface area (Å²) < 4.78 is 43.4. The Kier molecular flexibility index (Phi) is 5.33. The van der Waals surface area contributed by atoms with Crippen LogP contribution < -0.4 is 5.46 Å². The SMILES string of the molecule is CCOC(=O)C1CCCN(C(=O)c2cccc([B-](F)(F)F)c2)C1. The lowest BCUT2D eigenvalue weighted by atomic mass is 9.79. The molecule has 126 valence electrons. The van der Waals surface area contributed by atoms with Crippen LogP contribution in [0.2, 0.25) is 0 Å². The van der Waals surface area contributed by atoms with Gasteiger partial charge >= 0.3 is 12.9 Å². The summed E-state index contributed by atoms with van der Waals surface area (Å²) in [4.78, 5) is 25.6. The fourth-order valence-electron chi connectivity index (χ4n) is 2.67. The molecule has 8 heteroatoms. The number of nitrogens with zero attached hydrogens (tertiary/aromatic N) is 1. The lowest BCUT2D eigenvalue weighted by molar-refractivity contribution is -0.149. The molecule has 1 atom stereocenters. The first-order valence-electron chi connectivity index (χ1n) is 7.58. The van der Waals surface area contributed by atoms with Crippen LogP contribution in [0.4, 0.5) is 12.9 Å². The van der Waals surface area contributed by atoms with Crippen LogP contribution in [0.25, 0.3) is 0 Å². The number of carbonyl (C=O) groups is 2. The van der Waals surface area contributed by atoms with E-state index in [0.717, 1.165) is 12.1 Å². The van der Waals surface area contributed by atoms with Gasteiger partial charge in [0.25, 0.3) is 5.91 Å². The molecule has 1 fully saturated rings. The number of carbonyl (C=O) groups excluding carboxylic acids is 2. The summed E-state index contributed by atoms with van der Waals surface area (Å²) >= 11 is 0. The highest BCUT2D eigenvalue weighted by molar-refractivity contribution is 6.73. The largest absolute Gasteiger partial charge is 0.509 e. The second-order valence-electron chi connectivity index (χ2n) is 5.54. The highest BCUT2D eigenvalue weighted by Crippen LogP contribution is 2.20. The van der Waals surface area contributed by atoms with E-state index in [4.69, 9.17) is 4.74 Å². The average Bonchev–Trinajstić information content (AvgIpc) is 2.54. The lowest BCUT2D eigenvalue weighted by Crippen LogP contribution is -2.43. The van der Waals surface area contributed by atoms with Crippen LogP contribution in [0.1, 0.15) is 30.1 Å². The van der Waals surface area contributed by atoms with Crippen molar-refractivity contribution in [3.05, 3.63) is 29.8 Å². The summed E-state index contributed by atoms with van der Waals surface area (Å²) in [7, 11) is 0. The van der Waals surface area contributed by atoms with Crippen LogP contribution >= 0.6 is 0 Å². The zero-order chi connectivity index (χ0) is 17.0. The molecule has 0 spiro atoms. The fourth-order valence-corrected chi connectivity index (χ4v) is 2.67. The third-order valence-electron chi connectivity index (χ3n) is 3.84. The van der Waals surface area contributed by atoms with Gasteiger partial charge < -0.3 is 22.6 Å². The van der Waals surface area contributed by atoms with Crippen LogP contribution in [-0.2, 0) is 9.53 Å². The van der Waals surface area contributed by atoms with Gasteiger partial charge in [-0.25, -0.2) is 0 Å².